The highest BCUT2D eigenvalue weighted by Crippen LogP contribution is 2.24. The summed E-state index contributed by atoms with van der Waals surface area (Å²) in [6.45, 7) is 13.1. The van der Waals surface area contributed by atoms with Crippen molar-refractivity contribution in [2.45, 2.75) is 130 Å². The van der Waals surface area contributed by atoms with E-state index in [2.05, 4.69) is 24.5 Å². The smallest absolute Gasteiger partial charge is 0.329 e. The summed E-state index contributed by atoms with van der Waals surface area (Å²) in [5.74, 6) is -3.96. The molecule has 5 amide bonds. The number of primary amides is 1. The minimum absolute atomic E-state index is 0.0261. The summed E-state index contributed by atoms with van der Waals surface area (Å²) in [4.78, 5) is 95.8. The molecule has 0 saturated carbocycles. The van der Waals surface area contributed by atoms with Gasteiger partial charge in [-0.2, -0.15) is 0 Å². The number of likely N-dealkylation sites (N-methyl/N-ethyl adjacent to an activating group) is 1. The number of amides is 5. The molecule has 1 aromatic rings. The Balaban J connectivity index is 2.25. The van der Waals surface area contributed by atoms with E-state index < -0.39 is 65.5 Å². The summed E-state index contributed by atoms with van der Waals surface area (Å²) in [6.07, 6.45) is 3.95. The van der Waals surface area contributed by atoms with Gasteiger partial charge in [0.05, 0.1) is 25.5 Å². The number of carbonyl (C=O) groups is 7. The van der Waals surface area contributed by atoms with Gasteiger partial charge in [0.1, 0.15) is 30.5 Å². The number of likely N-dealkylation sites (tertiary alicyclic amines) is 1. The molecule has 2 rings (SSSR count). The highest BCUT2D eigenvalue weighted by atomic mass is 16.5. The number of ketones is 1. The van der Waals surface area contributed by atoms with Crippen LogP contribution in [0.2, 0.25) is 0 Å². The van der Waals surface area contributed by atoms with E-state index in [-0.39, 0.29) is 56.6 Å². The van der Waals surface area contributed by atoms with Gasteiger partial charge in [0.25, 0.3) is 0 Å². The number of ether oxygens (including phenoxy) is 2. The minimum Gasteiger partial charge on any atom is -0.497 e. The molecule has 0 aromatic heterocycles. The van der Waals surface area contributed by atoms with Crippen molar-refractivity contribution in [3.05, 3.63) is 29.8 Å². The molecular formula is C41H65N5O9. The maximum atomic E-state index is 14.2. The Labute approximate surface area is 327 Å². The van der Waals surface area contributed by atoms with Gasteiger partial charge in [0, 0.05) is 26.4 Å². The predicted molar refractivity (Wildman–Crippen MR) is 208 cm³/mol. The molecule has 0 spiro atoms. The second-order valence-corrected chi connectivity index (χ2v) is 15.6. The number of methoxy groups -OCH3 is 1. The summed E-state index contributed by atoms with van der Waals surface area (Å²) in [6, 6.07) is 3.10. The van der Waals surface area contributed by atoms with Crippen molar-refractivity contribution in [1.82, 2.24) is 20.4 Å². The number of nitrogens with one attached hydrogen (secondary N) is 2. The van der Waals surface area contributed by atoms with E-state index in [0.29, 0.717) is 30.9 Å². The first-order chi connectivity index (χ1) is 25.9. The highest BCUT2D eigenvalue weighted by molar-refractivity contribution is 6.05. The van der Waals surface area contributed by atoms with Gasteiger partial charge in [0.15, 0.2) is 5.78 Å². The van der Waals surface area contributed by atoms with Crippen LogP contribution in [0.3, 0.4) is 0 Å². The standard InChI is InChI=1S/C41H65N5O9/c1-10-27(6)13-11-15-35(48)44-36(26(4)5)37(49)28(7)38(50)43-31(23-25(2)3)39(51)46-21-12-14-32(46)40(52)45(8)33(41(53)55-22-20-34(42)47)24-29-16-18-30(54-9)19-17-29/h16-19,25-28,31-33,36H,10-15,20-24H2,1-9H3,(H2,42,47)(H,43,50)(H,44,48)/t27?,28-,31?,32?,33?,36?/m0/s1. The fraction of sp³-hybridized carbons (Fsp3) is 0.683. The van der Waals surface area contributed by atoms with E-state index in [0.717, 1.165) is 18.4 Å². The number of Topliss-reactive ketones (excluding diaryl/α,β-unsaturated/α-hetero) is 1. The minimum atomic E-state index is -1.16. The first-order valence-corrected chi connectivity index (χ1v) is 19.7. The number of nitrogens with two attached hydrogens (primary N) is 1. The lowest BCUT2D eigenvalue weighted by atomic mass is 9.90. The van der Waals surface area contributed by atoms with Gasteiger partial charge in [-0.1, -0.05) is 66.5 Å². The van der Waals surface area contributed by atoms with Gasteiger partial charge in [-0.15, -0.1) is 0 Å². The maximum Gasteiger partial charge on any atom is 0.329 e. The van der Waals surface area contributed by atoms with Crippen molar-refractivity contribution in [2.75, 3.05) is 27.3 Å². The number of benzene rings is 1. The lowest BCUT2D eigenvalue weighted by molar-refractivity contribution is -0.157. The average Bonchev–Trinajstić information content (AvgIpc) is 3.64. The molecule has 1 fully saturated rings. The summed E-state index contributed by atoms with van der Waals surface area (Å²) >= 11 is 0. The third kappa shape index (κ3) is 14.6. The zero-order chi connectivity index (χ0) is 41.4. The normalized spacial score (nSPS) is 16.8. The molecule has 55 heavy (non-hydrogen) atoms. The third-order valence-corrected chi connectivity index (χ3v) is 10.3. The van der Waals surface area contributed by atoms with Crippen LogP contribution in [-0.4, -0.2) is 103 Å². The van der Waals surface area contributed by atoms with Gasteiger partial charge in [-0.25, -0.2) is 4.79 Å². The Morgan fingerprint density at radius 2 is 1.62 bits per heavy atom. The van der Waals surface area contributed by atoms with Crippen molar-refractivity contribution < 1.29 is 43.0 Å². The zero-order valence-corrected chi connectivity index (χ0v) is 34.4. The molecule has 14 heteroatoms. The van der Waals surface area contributed by atoms with E-state index >= 15 is 0 Å². The Bertz CT molecular complexity index is 1460. The van der Waals surface area contributed by atoms with Crippen LogP contribution in [-0.2, 0) is 44.7 Å². The molecule has 308 valence electrons. The lowest BCUT2D eigenvalue weighted by Gasteiger charge is -2.34. The molecule has 4 N–H and O–H groups in total. The number of esters is 1. The van der Waals surface area contributed by atoms with Gasteiger partial charge in [0.2, 0.25) is 29.5 Å². The summed E-state index contributed by atoms with van der Waals surface area (Å²) in [7, 11) is 3.01. The van der Waals surface area contributed by atoms with Gasteiger partial charge >= 0.3 is 5.97 Å². The fourth-order valence-corrected chi connectivity index (χ4v) is 6.60. The van der Waals surface area contributed by atoms with E-state index in [1.54, 1.807) is 24.3 Å². The quantitative estimate of drug-likeness (QED) is 0.110. The molecule has 0 radical (unpaired) electrons. The van der Waals surface area contributed by atoms with Crippen molar-refractivity contribution in [3.63, 3.8) is 0 Å². The van der Waals surface area contributed by atoms with E-state index in [4.69, 9.17) is 15.2 Å². The first kappa shape index (κ1) is 46.7. The van der Waals surface area contributed by atoms with E-state index in [1.807, 2.05) is 27.7 Å². The molecule has 5 unspecified atom stereocenters. The van der Waals surface area contributed by atoms with E-state index in [9.17, 15) is 33.6 Å². The molecule has 6 atom stereocenters. The molecule has 0 aliphatic carbocycles. The number of nitrogens with zero attached hydrogens (tertiary/aromatic N) is 2. The maximum absolute atomic E-state index is 14.2. The topological polar surface area (TPSA) is 195 Å². The second-order valence-electron chi connectivity index (χ2n) is 15.6. The van der Waals surface area contributed by atoms with E-state index in [1.165, 1.54) is 30.9 Å². The molecule has 14 nitrogen and oxygen atoms in total. The average molecular weight is 772 g/mol. The largest absolute Gasteiger partial charge is 0.497 e. The number of carbonyl (C=O) groups excluding carboxylic acids is 7. The summed E-state index contributed by atoms with van der Waals surface area (Å²) < 4.78 is 10.6. The monoisotopic (exact) mass is 771 g/mol. The van der Waals surface area contributed by atoms with Crippen LogP contribution in [0.25, 0.3) is 0 Å². The number of hydrogen-bond donors (Lipinski definition) is 3. The number of rotatable bonds is 23. The number of hydrogen-bond acceptors (Lipinski definition) is 9. The van der Waals surface area contributed by atoms with Crippen LogP contribution < -0.4 is 21.1 Å². The van der Waals surface area contributed by atoms with Crippen molar-refractivity contribution >= 4 is 41.3 Å². The molecule has 0 bridgehead atoms. The second kappa shape index (κ2) is 22.8. The first-order valence-electron chi connectivity index (χ1n) is 19.7. The summed E-state index contributed by atoms with van der Waals surface area (Å²) in [5.41, 5.74) is 5.94. The zero-order valence-electron chi connectivity index (χ0n) is 34.4. The Hall–Kier alpha value is -4.49. The van der Waals surface area contributed by atoms with Crippen molar-refractivity contribution in [3.8, 4) is 5.75 Å². The Kier molecular flexibility index (Phi) is 19.3. The highest BCUT2D eigenvalue weighted by Gasteiger charge is 2.42. The molecule has 1 aliphatic heterocycles. The molecule has 1 aliphatic rings. The van der Waals surface area contributed by atoms with Crippen LogP contribution in [0.5, 0.6) is 5.75 Å². The SMILES string of the molecule is CCC(C)CCCC(=O)NC(C(=O)[C@H](C)C(=O)NC(CC(C)C)C(=O)N1CCCC1C(=O)N(C)C(Cc1ccc(OC)cc1)C(=O)OCCC(N)=O)C(C)C. The third-order valence-electron chi connectivity index (χ3n) is 10.3. The Morgan fingerprint density at radius 3 is 2.18 bits per heavy atom. The van der Waals surface area contributed by atoms with Crippen LogP contribution in [0.1, 0.15) is 105 Å². The predicted octanol–water partition coefficient (Wildman–Crippen LogP) is 3.57. The molecule has 1 saturated heterocycles. The van der Waals surface area contributed by atoms with Crippen LogP contribution >= 0.6 is 0 Å². The summed E-state index contributed by atoms with van der Waals surface area (Å²) in [5, 5.41) is 5.63. The fourth-order valence-electron chi connectivity index (χ4n) is 6.60. The van der Waals surface area contributed by atoms with Gasteiger partial charge in [-0.3, -0.25) is 28.8 Å². The van der Waals surface area contributed by atoms with Crippen molar-refractivity contribution in [1.29, 1.82) is 0 Å². The van der Waals surface area contributed by atoms with Crippen LogP contribution in [0, 0.1) is 23.7 Å². The van der Waals surface area contributed by atoms with Crippen LogP contribution in [0.15, 0.2) is 24.3 Å². The Morgan fingerprint density at radius 1 is 0.964 bits per heavy atom. The molecular weight excluding hydrogens is 706 g/mol. The van der Waals surface area contributed by atoms with Crippen molar-refractivity contribution in [2.24, 2.45) is 29.4 Å². The molecule has 1 aromatic carbocycles. The van der Waals surface area contributed by atoms with Crippen LogP contribution in [0.4, 0.5) is 0 Å². The van der Waals surface area contributed by atoms with Gasteiger partial charge < -0.3 is 35.6 Å². The lowest BCUT2D eigenvalue weighted by Crippen LogP contribution is -2.57. The van der Waals surface area contributed by atoms with Gasteiger partial charge in [-0.05, 0) is 68.1 Å². The molecule has 1 heterocycles.